The van der Waals surface area contributed by atoms with Gasteiger partial charge in [0.2, 0.25) is 0 Å². The largest absolute Gasteiger partial charge is 0.374 e. The molecule has 1 heteroatoms. The molecular weight excluding hydrogens is 160 g/mol. The van der Waals surface area contributed by atoms with Gasteiger partial charge in [-0.05, 0) is 25.8 Å². The standard InChI is InChI=1S/C12H18O/c1-5-12(3,13-4)11-8-6-10(2)7-9-11/h6-9H,5H2,1-4H3/t12-/m0/s1. The van der Waals surface area contributed by atoms with E-state index in [0.29, 0.717) is 0 Å². The highest BCUT2D eigenvalue weighted by Crippen LogP contribution is 2.27. The molecule has 0 saturated heterocycles. The molecular formula is C12H18O. The van der Waals surface area contributed by atoms with Gasteiger partial charge in [0.1, 0.15) is 0 Å². The molecule has 0 aliphatic heterocycles. The Morgan fingerprint density at radius 3 is 2.15 bits per heavy atom. The summed E-state index contributed by atoms with van der Waals surface area (Å²) < 4.78 is 5.51. The monoisotopic (exact) mass is 178 g/mol. The Kier molecular flexibility index (Phi) is 3.10. The van der Waals surface area contributed by atoms with Crippen molar-refractivity contribution in [1.29, 1.82) is 0 Å². The molecule has 1 aromatic carbocycles. The summed E-state index contributed by atoms with van der Waals surface area (Å²) in [5.41, 5.74) is 2.41. The maximum Gasteiger partial charge on any atom is 0.0896 e. The highest BCUT2D eigenvalue weighted by Gasteiger charge is 2.22. The van der Waals surface area contributed by atoms with E-state index in [1.54, 1.807) is 7.11 Å². The van der Waals surface area contributed by atoms with Crippen molar-refractivity contribution >= 4 is 0 Å². The lowest BCUT2D eigenvalue weighted by Crippen LogP contribution is -2.22. The van der Waals surface area contributed by atoms with Crippen molar-refractivity contribution in [2.45, 2.75) is 32.8 Å². The van der Waals surface area contributed by atoms with E-state index < -0.39 is 0 Å². The molecule has 0 unspecified atom stereocenters. The molecule has 0 aliphatic carbocycles. The van der Waals surface area contributed by atoms with E-state index in [0.717, 1.165) is 6.42 Å². The van der Waals surface area contributed by atoms with Crippen molar-refractivity contribution in [2.24, 2.45) is 0 Å². The highest BCUT2D eigenvalue weighted by atomic mass is 16.5. The van der Waals surface area contributed by atoms with Crippen LogP contribution in [0.1, 0.15) is 31.4 Å². The second kappa shape index (κ2) is 3.93. The number of aryl methyl sites for hydroxylation is 1. The lowest BCUT2D eigenvalue weighted by atomic mass is 9.92. The topological polar surface area (TPSA) is 9.23 Å². The van der Waals surface area contributed by atoms with Crippen LogP contribution in [0.2, 0.25) is 0 Å². The van der Waals surface area contributed by atoms with Crippen molar-refractivity contribution in [1.82, 2.24) is 0 Å². The zero-order valence-corrected chi connectivity index (χ0v) is 8.92. The third kappa shape index (κ3) is 2.10. The molecule has 0 spiro atoms. The zero-order valence-electron chi connectivity index (χ0n) is 8.92. The molecule has 0 fully saturated rings. The van der Waals surface area contributed by atoms with Crippen LogP contribution in [-0.2, 0) is 10.3 Å². The van der Waals surface area contributed by atoms with Gasteiger partial charge in [0.05, 0.1) is 5.60 Å². The van der Waals surface area contributed by atoms with E-state index >= 15 is 0 Å². The van der Waals surface area contributed by atoms with Gasteiger partial charge in [-0.1, -0.05) is 36.8 Å². The maximum absolute atomic E-state index is 5.51. The Labute approximate surface area is 80.7 Å². The first-order valence-corrected chi connectivity index (χ1v) is 4.74. The summed E-state index contributed by atoms with van der Waals surface area (Å²) in [5, 5.41) is 0. The Hall–Kier alpha value is -0.820. The smallest absolute Gasteiger partial charge is 0.0896 e. The van der Waals surface area contributed by atoms with Gasteiger partial charge < -0.3 is 4.74 Å². The van der Waals surface area contributed by atoms with Gasteiger partial charge in [-0.2, -0.15) is 0 Å². The van der Waals surface area contributed by atoms with Crippen LogP contribution in [0.4, 0.5) is 0 Å². The molecule has 1 aromatic rings. The van der Waals surface area contributed by atoms with Crippen molar-refractivity contribution < 1.29 is 4.74 Å². The maximum atomic E-state index is 5.51. The van der Waals surface area contributed by atoms with Crippen molar-refractivity contribution in [2.75, 3.05) is 7.11 Å². The van der Waals surface area contributed by atoms with Gasteiger partial charge in [-0.15, -0.1) is 0 Å². The zero-order chi connectivity index (χ0) is 9.90. The molecule has 0 N–H and O–H groups in total. The summed E-state index contributed by atoms with van der Waals surface area (Å²) in [6.45, 7) is 6.36. The normalized spacial score (nSPS) is 15.4. The molecule has 0 amide bonds. The summed E-state index contributed by atoms with van der Waals surface area (Å²) in [4.78, 5) is 0. The fourth-order valence-corrected chi connectivity index (χ4v) is 1.37. The molecule has 1 nitrogen and oxygen atoms in total. The van der Waals surface area contributed by atoms with Gasteiger partial charge in [-0.3, -0.25) is 0 Å². The Morgan fingerprint density at radius 1 is 1.23 bits per heavy atom. The Balaban J connectivity index is 2.99. The first-order valence-electron chi connectivity index (χ1n) is 4.74. The first-order chi connectivity index (χ1) is 6.12. The lowest BCUT2D eigenvalue weighted by molar-refractivity contribution is -0.00140. The number of ether oxygens (including phenoxy) is 1. The molecule has 72 valence electrons. The van der Waals surface area contributed by atoms with Crippen LogP contribution in [0.5, 0.6) is 0 Å². The molecule has 13 heavy (non-hydrogen) atoms. The number of rotatable bonds is 3. The fraction of sp³-hybridized carbons (Fsp3) is 0.500. The van der Waals surface area contributed by atoms with Gasteiger partial charge in [-0.25, -0.2) is 0 Å². The van der Waals surface area contributed by atoms with Gasteiger partial charge in [0.15, 0.2) is 0 Å². The van der Waals surface area contributed by atoms with E-state index in [-0.39, 0.29) is 5.60 Å². The SMILES string of the molecule is CC[C@](C)(OC)c1ccc(C)cc1. The van der Waals surface area contributed by atoms with Gasteiger partial charge >= 0.3 is 0 Å². The lowest BCUT2D eigenvalue weighted by Gasteiger charge is -2.27. The average molecular weight is 178 g/mol. The minimum atomic E-state index is -0.131. The highest BCUT2D eigenvalue weighted by molar-refractivity contribution is 5.26. The summed E-state index contributed by atoms with van der Waals surface area (Å²) in [6.07, 6.45) is 0.993. The summed E-state index contributed by atoms with van der Waals surface area (Å²) >= 11 is 0. The van der Waals surface area contributed by atoms with Gasteiger partial charge in [0.25, 0.3) is 0 Å². The summed E-state index contributed by atoms with van der Waals surface area (Å²) in [5.74, 6) is 0. The molecule has 0 aromatic heterocycles. The quantitative estimate of drug-likeness (QED) is 0.690. The van der Waals surface area contributed by atoms with Crippen molar-refractivity contribution in [3.8, 4) is 0 Å². The average Bonchev–Trinajstić information content (AvgIpc) is 2.18. The van der Waals surface area contributed by atoms with Crippen LogP contribution >= 0.6 is 0 Å². The van der Waals surface area contributed by atoms with E-state index in [1.165, 1.54) is 11.1 Å². The molecule has 0 radical (unpaired) electrons. The number of hydrogen-bond donors (Lipinski definition) is 0. The number of benzene rings is 1. The van der Waals surface area contributed by atoms with Crippen LogP contribution in [0, 0.1) is 6.92 Å². The van der Waals surface area contributed by atoms with Crippen LogP contribution in [0.25, 0.3) is 0 Å². The second-order valence-corrected chi connectivity index (χ2v) is 3.65. The summed E-state index contributed by atoms with van der Waals surface area (Å²) in [6, 6.07) is 8.54. The number of methoxy groups -OCH3 is 1. The minimum Gasteiger partial charge on any atom is -0.374 e. The van der Waals surface area contributed by atoms with Crippen LogP contribution < -0.4 is 0 Å². The van der Waals surface area contributed by atoms with Crippen molar-refractivity contribution in [3.63, 3.8) is 0 Å². The molecule has 0 heterocycles. The van der Waals surface area contributed by atoms with Crippen LogP contribution in [0.15, 0.2) is 24.3 Å². The molecule has 0 saturated carbocycles. The van der Waals surface area contributed by atoms with Crippen molar-refractivity contribution in [3.05, 3.63) is 35.4 Å². The fourth-order valence-electron chi connectivity index (χ4n) is 1.37. The second-order valence-electron chi connectivity index (χ2n) is 3.65. The van der Waals surface area contributed by atoms with Gasteiger partial charge in [0, 0.05) is 7.11 Å². The molecule has 1 rings (SSSR count). The predicted molar refractivity (Wildman–Crippen MR) is 55.8 cm³/mol. The molecule has 0 aliphatic rings. The predicted octanol–water partition coefficient (Wildman–Crippen LogP) is 3.27. The number of hydrogen-bond acceptors (Lipinski definition) is 1. The third-order valence-corrected chi connectivity index (χ3v) is 2.79. The first kappa shape index (κ1) is 10.3. The van der Waals surface area contributed by atoms with E-state index in [2.05, 4.69) is 45.0 Å². The molecule has 1 atom stereocenters. The van der Waals surface area contributed by atoms with Crippen LogP contribution in [-0.4, -0.2) is 7.11 Å². The molecule has 0 bridgehead atoms. The van der Waals surface area contributed by atoms with E-state index in [1.807, 2.05) is 0 Å². The van der Waals surface area contributed by atoms with E-state index in [9.17, 15) is 0 Å². The Bertz CT molecular complexity index is 257. The minimum absolute atomic E-state index is 0.131. The third-order valence-electron chi connectivity index (χ3n) is 2.79. The van der Waals surface area contributed by atoms with Crippen LogP contribution in [0.3, 0.4) is 0 Å². The van der Waals surface area contributed by atoms with E-state index in [4.69, 9.17) is 4.74 Å². The summed E-state index contributed by atoms with van der Waals surface area (Å²) in [7, 11) is 1.77. The Morgan fingerprint density at radius 2 is 1.77 bits per heavy atom.